The summed E-state index contributed by atoms with van der Waals surface area (Å²) in [7, 11) is 0. The SMILES string of the molecule is CCOc1ccc(C(C)(O)CC(F)(F)C(F)(F)C(F)(F)C(F)(F)C(F)(F)C(F)(F)C(F)(F)C(F)(F)F)cc1. The van der Waals surface area contributed by atoms with Gasteiger partial charge < -0.3 is 9.84 Å². The van der Waals surface area contributed by atoms with E-state index in [1.807, 2.05) is 0 Å². The fraction of sp³-hybridized carbons (Fsp3) is 0.684. The third-order valence-electron chi connectivity index (χ3n) is 5.14. The highest BCUT2D eigenvalue weighted by atomic mass is 19.4. The van der Waals surface area contributed by atoms with Crippen molar-refractivity contribution >= 4 is 0 Å². The molecule has 0 aliphatic heterocycles. The molecule has 0 saturated carbocycles. The molecule has 1 unspecified atom stereocenters. The van der Waals surface area contributed by atoms with Gasteiger partial charge in [-0.3, -0.25) is 0 Å². The van der Waals surface area contributed by atoms with Crippen LogP contribution in [-0.2, 0) is 5.60 Å². The standard InChI is InChI=1S/C19H15F17O2/c1-3-38-10-6-4-9(5-7-10)11(2,37)8-12(20,21)13(22,23)14(24,25)15(26,27)16(28,29)17(30,31)18(32,33)19(34,35)36/h4-7,37H,3,8H2,1-2H3. The molecule has 19 heteroatoms. The van der Waals surface area contributed by atoms with E-state index in [2.05, 4.69) is 0 Å². The lowest BCUT2D eigenvalue weighted by molar-refractivity contribution is -0.462. The zero-order valence-electron chi connectivity index (χ0n) is 18.5. The Bertz CT molecular complexity index is 964. The maximum absolute atomic E-state index is 14.2. The average Bonchev–Trinajstić information content (AvgIpc) is 2.72. The molecule has 0 aliphatic carbocycles. The number of hydrogen-bond acceptors (Lipinski definition) is 2. The molecule has 0 radical (unpaired) electrons. The van der Waals surface area contributed by atoms with Crippen LogP contribution in [0.25, 0.3) is 0 Å². The lowest BCUT2D eigenvalue weighted by Crippen LogP contribution is -2.74. The second-order valence-corrected chi connectivity index (χ2v) is 8.06. The number of hydrogen-bond donors (Lipinski definition) is 1. The zero-order valence-corrected chi connectivity index (χ0v) is 18.5. The van der Waals surface area contributed by atoms with Gasteiger partial charge in [0.25, 0.3) is 0 Å². The van der Waals surface area contributed by atoms with E-state index in [-0.39, 0.29) is 19.3 Å². The van der Waals surface area contributed by atoms with Crippen molar-refractivity contribution in [3.05, 3.63) is 29.8 Å². The number of aliphatic hydroxyl groups is 1. The highest BCUT2D eigenvalue weighted by Crippen LogP contribution is 2.64. The Hall–Kier alpha value is -2.21. The van der Waals surface area contributed by atoms with Crippen molar-refractivity contribution < 1.29 is 84.5 Å². The number of ether oxygens (including phenoxy) is 1. The highest BCUT2D eigenvalue weighted by Gasteiger charge is 2.95. The molecular formula is C19H15F17O2. The first-order valence-electron chi connectivity index (χ1n) is 9.66. The van der Waals surface area contributed by atoms with Crippen molar-refractivity contribution in [3.8, 4) is 5.75 Å². The van der Waals surface area contributed by atoms with E-state index in [1.54, 1.807) is 0 Å². The second-order valence-electron chi connectivity index (χ2n) is 8.06. The Morgan fingerprint density at radius 2 is 0.921 bits per heavy atom. The van der Waals surface area contributed by atoms with Crippen molar-refractivity contribution in [2.24, 2.45) is 0 Å². The lowest BCUT2D eigenvalue weighted by atomic mass is 9.83. The normalized spacial score (nSPS) is 16.8. The third kappa shape index (κ3) is 4.94. The molecule has 0 bridgehead atoms. The van der Waals surface area contributed by atoms with Crippen molar-refractivity contribution in [1.29, 1.82) is 0 Å². The van der Waals surface area contributed by atoms with Gasteiger partial charge in [0, 0.05) is 0 Å². The highest BCUT2D eigenvalue weighted by molar-refractivity contribution is 5.31. The molecule has 2 nitrogen and oxygen atoms in total. The van der Waals surface area contributed by atoms with Gasteiger partial charge in [-0.1, -0.05) is 12.1 Å². The van der Waals surface area contributed by atoms with Crippen LogP contribution in [0.4, 0.5) is 74.6 Å². The minimum Gasteiger partial charge on any atom is -0.494 e. The van der Waals surface area contributed by atoms with E-state index in [0.717, 1.165) is 12.1 Å². The largest absolute Gasteiger partial charge is 0.494 e. The maximum atomic E-state index is 14.2. The minimum absolute atomic E-state index is 0.00543. The second kappa shape index (κ2) is 9.46. The molecule has 0 saturated heterocycles. The molecule has 0 aromatic heterocycles. The van der Waals surface area contributed by atoms with Crippen molar-refractivity contribution in [2.75, 3.05) is 6.61 Å². The van der Waals surface area contributed by atoms with Crippen LogP contribution in [0.1, 0.15) is 25.8 Å². The Kier molecular flexibility index (Phi) is 8.42. The molecule has 0 heterocycles. The Morgan fingerprint density at radius 1 is 0.579 bits per heavy atom. The molecular weight excluding hydrogens is 583 g/mol. The number of halogens is 17. The predicted molar refractivity (Wildman–Crippen MR) is 92.5 cm³/mol. The van der Waals surface area contributed by atoms with E-state index >= 15 is 0 Å². The Labute approximate surface area is 201 Å². The Morgan fingerprint density at radius 3 is 1.26 bits per heavy atom. The number of rotatable bonds is 11. The summed E-state index contributed by atoms with van der Waals surface area (Å²) >= 11 is 0. The summed E-state index contributed by atoms with van der Waals surface area (Å²) in [5.74, 6) is -57.1. The summed E-state index contributed by atoms with van der Waals surface area (Å²) in [6.45, 7) is 1.75. The Balaban J connectivity index is 3.55. The van der Waals surface area contributed by atoms with Crippen LogP contribution in [0.3, 0.4) is 0 Å². The van der Waals surface area contributed by atoms with E-state index in [9.17, 15) is 79.7 Å². The fourth-order valence-corrected chi connectivity index (χ4v) is 2.92. The van der Waals surface area contributed by atoms with Crippen LogP contribution in [-0.4, -0.2) is 59.3 Å². The third-order valence-corrected chi connectivity index (χ3v) is 5.14. The summed E-state index contributed by atoms with van der Waals surface area (Å²) in [6, 6.07) is 3.24. The lowest BCUT2D eigenvalue weighted by Gasteiger charge is -2.43. The van der Waals surface area contributed by atoms with Crippen LogP contribution >= 0.6 is 0 Å². The summed E-state index contributed by atoms with van der Waals surface area (Å²) < 4.78 is 232. The van der Waals surface area contributed by atoms with Crippen LogP contribution in [0.5, 0.6) is 5.75 Å². The molecule has 1 aromatic rings. The average molecular weight is 598 g/mol. The molecule has 1 atom stereocenters. The van der Waals surface area contributed by atoms with Gasteiger partial charge in [-0.05, 0) is 31.5 Å². The molecule has 222 valence electrons. The van der Waals surface area contributed by atoms with Crippen molar-refractivity contribution in [2.45, 2.75) is 73.5 Å². The van der Waals surface area contributed by atoms with E-state index < -0.39 is 65.2 Å². The molecule has 1 N–H and O–H groups in total. The maximum Gasteiger partial charge on any atom is 0.460 e. The van der Waals surface area contributed by atoms with Gasteiger partial charge in [-0.25, -0.2) is 0 Å². The summed E-state index contributed by atoms with van der Waals surface area (Å²) in [4.78, 5) is 0. The van der Waals surface area contributed by atoms with E-state index in [0.29, 0.717) is 12.1 Å². The molecule has 38 heavy (non-hydrogen) atoms. The smallest absolute Gasteiger partial charge is 0.460 e. The van der Waals surface area contributed by atoms with Crippen LogP contribution in [0.2, 0.25) is 0 Å². The van der Waals surface area contributed by atoms with Gasteiger partial charge in [0.05, 0.1) is 18.6 Å². The van der Waals surface area contributed by atoms with Gasteiger partial charge >= 0.3 is 47.6 Å². The minimum atomic E-state index is -8.69. The summed E-state index contributed by atoms with van der Waals surface area (Å²) in [5, 5.41) is 10.1. The first kappa shape index (κ1) is 33.8. The molecule has 0 aliphatic rings. The molecule has 0 amide bonds. The van der Waals surface area contributed by atoms with Gasteiger partial charge in [-0.15, -0.1) is 0 Å². The van der Waals surface area contributed by atoms with E-state index in [4.69, 9.17) is 4.74 Å². The first-order valence-corrected chi connectivity index (χ1v) is 9.66. The van der Waals surface area contributed by atoms with Crippen LogP contribution in [0, 0.1) is 0 Å². The molecule has 1 rings (SSSR count). The molecule has 0 spiro atoms. The summed E-state index contributed by atoms with van der Waals surface area (Å²) in [6.07, 6.45) is -10.8. The molecule has 1 aromatic carbocycles. The topological polar surface area (TPSA) is 29.5 Å². The van der Waals surface area contributed by atoms with Crippen molar-refractivity contribution in [1.82, 2.24) is 0 Å². The fourth-order valence-electron chi connectivity index (χ4n) is 2.92. The van der Waals surface area contributed by atoms with Crippen molar-refractivity contribution in [3.63, 3.8) is 0 Å². The van der Waals surface area contributed by atoms with Gasteiger partial charge in [0.2, 0.25) is 0 Å². The van der Waals surface area contributed by atoms with Gasteiger partial charge in [0.15, 0.2) is 0 Å². The zero-order chi connectivity index (χ0) is 30.6. The monoisotopic (exact) mass is 598 g/mol. The van der Waals surface area contributed by atoms with Crippen LogP contribution < -0.4 is 4.74 Å². The van der Waals surface area contributed by atoms with Gasteiger partial charge in [-0.2, -0.15) is 74.6 Å². The number of benzene rings is 1. The predicted octanol–water partition coefficient (Wildman–Crippen LogP) is 7.69. The summed E-state index contributed by atoms with van der Waals surface area (Å²) in [5.41, 5.74) is -4.16. The van der Waals surface area contributed by atoms with Gasteiger partial charge in [0.1, 0.15) is 5.75 Å². The van der Waals surface area contributed by atoms with Crippen LogP contribution in [0.15, 0.2) is 24.3 Å². The van der Waals surface area contributed by atoms with E-state index in [1.165, 1.54) is 6.92 Å². The molecule has 0 fully saturated rings. The first-order chi connectivity index (χ1) is 16.5. The quantitative estimate of drug-likeness (QED) is 0.265. The number of alkyl halides is 17.